The number of rotatable bonds is 5. The smallest absolute Gasteiger partial charge is 0.178 e. The molecule has 0 amide bonds. The highest BCUT2D eigenvalue weighted by molar-refractivity contribution is 5.39. The van der Waals surface area contributed by atoms with E-state index in [1.807, 2.05) is 28.9 Å². The summed E-state index contributed by atoms with van der Waals surface area (Å²) in [6.45, 7) is 7.24. The van der Waals surface area contributed by atoms with Crippen LogP contribution in [-0.4, -0.2) is 78.7 Å². The summed E-state index contributed by atoms with van der Waals surface area (Å²) in [5.74, 6) is 2.19. The van der Waals surface area contributed by atoms with Gasteiger partial charge >= 0.3 is 0 Å². The van der Waals surface area contributed by atoms with Crippen LogP contribution in [0, 0.1) is 0 Å². The minimum atomic E-state index is 0.416. The Balaban J connectivity index is 1.21. The van der Waals surface area contributed by atoms with Gasteiger partial charge in [-0.25, -0.2) is 4.68 Å². The van der Waals surface area contributed by atoms with Gasteiger partial charge in [-0.1, -0.05) is 12.8 Å². The van der Waals surface area contributed by atoms with Crippen LogP contribution in [0.5, 0.6) is 0 Å². The average molecular weight is 395 g/mol. The molecule has 0 bridgehead atoms. The lowest BCUT2D eigenvalue weighted by Gasteiger charge is -2.32. The van der Waals surface area contributed by atoms with E-state index in [0.29, 0.717) is 5.92 Å². The van der Waals surface area contributed by atoms with Crippen molar-refractivity contribution in [3.8, 4) is 5.82 Å². The van der Waals surface area contributed by atoms with Crippen LogP contribution in [0.15, 0.2) is 30.6 Å². The number of hydrogen-bond acceptors (Lipinski definition) is 6. The van der Waals surface area contributed by atoms with Crippen molar-refractivity contribution >= 4 is 5.65 Å². The molecule has 0 N–H and O–H groups in total. The monoisotopic (exact) mass is 394 g/mol. The summed E-state index contributed by atoms with van der Waals surface area (Å²) in [6, 6.07) is 5.81. The number of piperidine rings is 1. The van der Waals surface area contributed by atoms with Crippen LogP contribution in [0.25, 0.3) is 11.5 Å². The first-order chi connectivity index (χ1) is 14.4. The van der Waals surface area contributed by atoms with Crippen molar-refractivity contribution < 1.29 is 0 Å². The van der Waals surface area contributed by atoms with E-state index in [2.05, 4.69) is 25.1 Å². The molecular weight excluding hydrogens is 364 g/mol. The van der Waals surface area contributed by atoms with Crippen molar-refractivity contribution in [1.29, 1.82) is 0 Å². The standard InChI is InChI=1S/C21H30N8/c1-2-4-12-26(11-3-1)16-17-27-14-8-18(9-15-27)21-24-23-19-6-7-20(25-29(19)21)28-13-5-10-22-28/h5-7,10,13,18H,1-4,8-9,11-12,14-17H2. The summed E-state index contributed by atoms with van der Waals surface area (Å²) in [6.07, 6.45) is 11.5. The number of likely N-dealkylation sites (tertiary alicyclic amines) is 2. The summed E-state index contributed by atoms with van der Waals surface area (Å²) in [4.78, 5) is 5.28. The molecule has 0 saturated carbocycles. The fraction of sp³-hybridized carbons (Fsp3) is 0.619. The Kier molecular flexibility index (Phi) is 5.53. The molecule has 2 fully saturated rings. The van der Waals surface area contributed by atoms with Crippen molar-refractivity contribution in [3.63, 3.8) is 0 Å². The van der Waals surface area contributed by atoms with Crippen LogP contribution >= 0.6 is 0 Å². The van der Waals surface area contributed by atoms with Crippen molar-refractivity contribution in [2.45, 2.75) is 44.4 Å². The van der Waals surface area contributed by atoms with Gasteiger partial charge in [0.1, 0.15) is 0 Å². The van der Waals surface area contributed by atoms with E-state index in [-0.39, 0.29) is 0 Å². The third-order valence-corrected chi connectivity index (χ3v) is 6.40. The SMILES string of the molecule is c1cnn(-c2ccc3nnc(C4CCN(CCN5CCCCCC5)CC4)n3n2)c1. The zero-order valence-corrected chi connectivity index (χ0v) is 17.0. The molecule has 0 radical (unpaired) electrons. The number of hydrogen-bond donors (Lipinski definition) is 0. The number of aromatic nitrogens is 6. The maximum absolute atomic E-state index is 4.75. The predicted molar refractivity (Wildman–Crippen MR) is 111 cm³/mol. The van der Waals surface area contributed by atoms with E-state index in [4.69, 9.17) is 5.10 Å². The second kappa shape index (κ2) is 8.59. The third kappa shape index (κ3) is 4.18. The molecule has 2 aliphatic rings. The Morgan fingerprint density at radius 1 is 0.862 bits per heavy atom. The van der Waals surface area contributed by atoms with Gasteiger partial charge in [-0.2, -0.15) is 9.61 Å². The topological polar surface area (TPSA) is 67.4 Å². The molecule has 3 aromatic rings. The van der Waals surface area contributed by atoms with Crippen LogP contribution in [-0.2, 0) is 0 Å². The molecule has 0 unspecified atom stereocenters. The van der Waals surface area contributed by atoms with Crippen LogP contribution in [0.2, 0.25) is 0 Å². The van der Waals surface area contributed by atoms with Crippen LogP contribution in [0.3, 0.4) is 0 Å². The molecule has 0 aliphatic carbocycles. The van der Waals surface area contributed by atoms with E-state index >= 15 is 0 Å². The Morgan fingerprint density at radius 2 is 1.62 bits per heavy atom. The van der Waals surface area contributed by atoms with Gasteiger partial charge in [0.25, 0.3) is 0 Å². The van der Waals surface area contributed by atoms with E-state index in [1.54, 1.807) is 10.9 Å². The largest absolute Gasteiger partial charge is 0.302 e. The fourth-order valence-electron chi connectivity index (χ4n) is 4.63. The highest BCUT2D eigenvalue weighted by atomic mass is 15.4. The van der Waals surface area contributed by atoms with Gasteiger partial charge < -0.3 is 9.80 Å². The molecule has 8 heteroatoms. The highest BCUT2D eigenvalue weighted by Gasteiger charge is 2.25. The van der Waals surface area contributed by atoms with Crippen molar-refractivity contribution in [2.24, 2.45) is 0 Å². The van der Waals surface area contributed by atoms with Crippen molar-refractivity contribution in [3.05, 3.63) is 36.4 Å². The molecule has 0 atom stereocenters. The van der Waals surface area contributed by atoms with Crippen LogP contribution in [0.1, 0.15) is 50.3 Å². The Labute approximate surface area is 171 Å². The number of nitrogens with zero attached hydrogens (tertiary/aromatic N) is 8. The second-order valence-corrected chi connectivity index (χ2v) is 8.34. The maximum atomic E-state index is 4.75. The van der Waals surface area contributed by atoms with E-state index in [0.717, 1.165) is 43.2 Å². The number of fused-ring (bicyclic) bond motifs is 1. The lowest BCUT2D eigenvalue weighted by Crippen LogP contribution is -2.39. The molecule has 3 aromatic heterocycles. The normalized spacial score (nSPS) is 20.3. The molecule has 0 aromatic carbocycles. The van der Waals surface area contributed by atoms with Crippen LogP contribution < -0.4 is 0 Å². The Bertz CT molecular complexity index is 902. The van der Waals surface area contributed by atoms with Crippen molar-refractivity contribution in [1.82, 2.24) is 39.4 Å². The molecule has 0 spiro atoms. The fourth-order valence-corrected chi connectivity index (χ4v) is 4.63. The molecule has 5 rings (SSSR count). The van der Waals surface area contributed by atoms with E-state index in [9.17, 15) is 0 Å². The Hall–Kier alpha value is -2.32. The minimum absolute atomic E-state index is 0.416. The summed E-state index contributed by atoms with van der Waals surface area (Å²) in [5.41, 5.74) is 0.805. The van der Waals surface area contributed by atoms with Gasteiger partial charge in [-0.05, 0) is 70.1 Å². The maximum Gasteiger partial charge on any atom is 0.178 e. The van der Waals surface area contributed by atoms with E-state index in [1.165, 1.54) is 51.9 Å². The van der Waals surface area contributed by atoms with Gasteiger partial charge in [0.15, 0.2) is 17.3 Å². The summed E-state index contributed by atoms with van der Waals surface area (Å²) >= 11 is 0. The second-order valence-electron chi connectivity index (χ2n) is 8.34. The molecular formula is C21H30N8. The summed E-state index contributed by atoms with van der Waals surface area (Å²) in [7, 11) is 0. The molecule has 2 saturated heterocycles. The van der Waals surface area contributed by atoms with E-state index < -0.39 is 0 Å². The summed E-state index contributed by atoms with van der Waals surface area (Å²) in [5, 5.41) is 17.9. The van der Waals surface area contributed by atoms with Crippen LogP contribution in [0.4, 0.5) is 0 Å². The van der Waals surface area contributed by atoms with Crippen molar-refractivity contribution in [2.75, 3.05) is 39.3 Å². The molecule has 2 aliphatic heterocycles. The van der Waals surface area contributed by atoms with Gasteiger partial charge in [-0.15, -0.1) is 15.3 Å². The molecule has 5 heterocycles. The third-order valence-electron chi connectivity index (χ3n) is 6.40. The molecule has 8 nitrogen and oxygen atoms in total. The zero-order chi connectivity index (χ0) is 19.5. The molecule has 29 heavy (non-hydrogen) atoms. The first kappa shape index (κ1) is 18.7. The highest BCUT2D eigenvalue weighted by Crippen LogP contribution is 2.27. The minimum Gasteiger partial charge on any atom is -0.302 e. The average Bonchev–Trinajstić information content (AvgIpc) is 3.37. The first-order valence-corrected chi connectivity index (χ1v) is 11.0. The zero-order valence-electron chi connectivity index (χ0n) is 17.0. The van der Waals surface area contributed by atoms with Gasteiger partial charge in [0.2, 0.25) is 0 Å². The summed E-state index contributed by atoms with van der Waals surface area (Å²) < 4.78 is 3.68. The molecule has 154 valence electrons. The lowest BCUT2D eigenvalue weighted by atomic mass is 9.96. The quantitative estimate of drug-likeness (QED) is 0.662. The van der Waals surface area contributed by atoms with Gasteiger partial charge in [0, 0.05) is 31.4 Å². The predicted octanol–water partition coefficient (Wildman–Crippen LogP) is 2.37. The Morgan fingerprint density at radius 3 is 2.34 bits per heavy atom. The first-order valence-electron chi connectivity index (χ1n) is 11.0. The van der Waals surface area contributed by atoms with Gasteiger partial charge in [0.05, 0.1) is 0 Å². The van der Waals surface area contributed by atoms with Gasteiger partial charge in [-0.3, -0.25) is 0 Å². The lowest BCUT2D eigenvalue weighted by molar-refractivity contribution is 0.172.